The Morgan fingerprint density at radius 1 is 1.50 bits per heavy atom. The van der Waals surface area contributed by atoms with Crippen molar-refractivity contribution in [3.8, 4) is 0 Å². The molecule has 62 valence electrons. The van der Waals surface area contributed by atoms with Gasteiger partial charge in [0, 0.05) is 12.2 Å². The Morgan fingerprint density at radius 2 is 2.33 bits per heavy atom. The molecule has 1 heterocycles. The highest BCUT2D eigenvalue weighted by Gasteiger charge is 2.09. The molecule has 1 aliphatic rings. The first kappa shape index (κ1) is 7.41. The molecule has 1 aliphatic heterocycles. The summed E-state index contributed by atoms with van der Waals surface area (Å²) >= 11 is 0. The first-order valence-corrected chi connectivity index (χ1v) is 4.30. The summed E-state index contributed by atoms with van der Waals surface area (Å²) in [6.07, 6.45) is 1.16. The van der Waals surface area contributed by atoms with Gasteiger partial charge in [0.1, 0.15) is 0 Å². The maximum absolute atomic E-state index is 3.92. The predicted octanol–water partition coefficient (Wildman–Crippen LogP) is 2.69. The van der Waals surface area contributed by atoms with Crippen molar-refractivity contribution in [3.63, 3.8) is 0 Å². The van der Waals surface area contributed by atoms with E-state index < -0.39 is 0 Å². The van der Waals surface area contributed by atoms with Crippen molar-refractivity contribution in [2.24, 2.45) is 0 Å². The molecule has 1 aromatic rings. The molecule has 0 spiro atoms. The van der Waals surface area contributed by atoms with Crippen LogP contribution in [0.5, 0.6) is 0 Å². The Hall–Kier alpha value is -1.24. The predicted molar refractivity (Wildman–Crippen MR) is 53.3 cm³/mol. The number of rotatable bonds is 1. The lowest BCUT2D eigenvalue weighted by atomic mass is 10.1. The molecule has 0 aromatic heterocycles. The van der Waals surface area contributed by atoms with Crippen LogP contribution < -0.4 is 5.32 Å². The fourth-order valence-corrected chi connectivity index (χ4v) is 1.56. The maximum Gasteiger partial charge on any atom is 0.0379 e. The van der Waals surface area contributed by atoms with Crippen molar-refractivity contribution in [2.45, 2.75) is 13.3 Å². The van der Waals surface area contributed by atoms with E-state index in [4.69, 9.17) is 0 Å². The van der Waals surface area contributed by atoms with Crippen molar-refractivity contribution >= 4 is 11.3 Å². The summed E-state index contributed by atoms with van der Waals surface area (Å²) in [5.74, 6) is 0. The van der Waals surface area contributed by atoms with Crippen LogP contribution in [0.4, 0.5) is 5.69 Å². The topological polar surface area (TPSA) is 12.0 Å². The van der Waals surface area contributed by atoms with Crippen LogP contribution in [0.3, 0.4) is 0 Å². The minimum atomic E-state index is 1.08. The van der Waals surface area contributed by atoms with Gasteiger partial charge in [0.2, 0.25) is 0 Å². The normalized spacial score (nSPS) is 13.8. The zero-order chi connectivity index (χ0) is 8.55. The fraction of sp³-hybridized carbons (Fsp3) is 0.273. The van der Waals surface area contributed by atoms with Gasteiger partial charge in [-0.05, 0) is 30.5 Å². The molecule has 2 rings (SSSR count). The Labute approximate surface area is 73.1 Å². The van der Waals surface area contributed by atoms with Crippen LogP contribution in [0.25, 0.3) is 5.57 Å². The second kappa shape index (κ2) is 2.67. The van der Waals surface area contributed by atoms with E-state index in [1.807, 2.05) is 6.92 Å². The average molecular weight is 159 g/mol. The van der Waals surface area contributed by atoms with Crippen LogP contribution >= 0.6 is 0 Å². The quantitative estimate of drug-likeness (QED) is 0.664. The summed E-state index contributed by atoms with van der Waals surface area (Å²) in [4.78, 5) is 0. The number of hydrogen-bond donors (Lipinski definition) is 1. The lowest BCUT2D eigenvalue weighted by Gasteiger charge is -2.03. The van der Waals surface area contributed by atoms with Crippen LogP contribution in [-0.4, -0.2) is 6.54 Å². The second-order valence-corrected chi connectivity index (χ2v) is 3.33. The molecule has 0 saturated heterocycles. The molecule has 12 heavy (non-hydrogen) atoms. The van der Waals surface area contributed by atoms with E-state index in [1.54, 1.807) is 0 Å². The summed E-state index contributed by atoms with van der Waals surface area (Å²) in [6.45, 7) is 7.04. The van der Waals surface area contributed by atoms with Crippen LogP contribution in [0.1, 0.15) is 18.1 Å². The van der Waals surface area contributed by atoms with Gasteiger partial charge in [-0.1, -0.05) is 24.3 Å². The van der Waals surface area contributed by atoms with Gasteiger partial charge >= 0.3 is 0 Å². The van der Waals surface area contributed by atoms with Gasteiger partial charge in [0.25, 0.3) is 0 Å². The molecular formula is C11H13N. The summed E-state index contributed by atoms with van der Waals surface area (Å²) in [5.41, 5.74) is 5.09. The zero-order valence-electron chi connectivity index (χ0n) is 7.35. The number of nitrogens with one attached hydrogen (secondary N) is 1. The van der Waals surface area contributed by atoms with Crippen LogP contribution in [-0.2, 0) is 6.42 Å². The zero-order valence-corrected chi connectivity index (χ0v) is 7.35. The Morgan fingerprint density at radius 3 is 3.08 bits per heavy atom. The Bertz CT molecular complexity index is 326. The van der Waals surface area contributed by atoms with E-state index in [1.165, 1.54) is 16.8 Å². The maximum atomic E-state index is 3.92. The monoisotopic (exact) mass is 159 g/mol. The van der Waals surface area contributed by atoms with E-state index in [2.05, 4.69) is 30.1 Å². The number of hydrogen-bond acceptors (Lipinski definition) is 1. The lowest BCUT2D eigenvalue weighted by Crippen LogP contribution is -1.91. The summed E-state index contributed by atoms with van der Waals surface area (Å²) in [6, 6.07) is 6.53. The highest BCUT2D eigenvalue weighted by atomic mass is 14.9. The third-order valence-corrected chi connectivity index (χ3v) is 2.31. The van der Waals surface area contributed by atoms with Crippen molar-refractivity contribution in [1.82, 2.24) is 0 Å². The Balaban J connectivity index is 2.45. The summed E-state index contributed by atoms with van der Waals surface area (Å²) < 4.78 is 0. The van der Waals surface area contributed by atoms with E-state index >= 15 is 0 Å². The van der Waals surface area contributed by atoms with Gasteiger partial charge in [-0.15, -0.1) is 0 Å². The lowest BCUT2D eigenvalue weighted by molar-refractivity contribution is 1.11. The molecule has 0 unspecified atom stereocenters. The number of anilines is 1. The summed E-state index contributed by atoms with van der Waals surface area (Å²) in [7, 11) is 0. The molecule has 0 aliphatic carbocycles. The third kappa shape index (κ3) is 1.11. The van der Waals surface area contributed by atoms with Gasteiger partial charge in [-0.25, -0.2) is 0 Å². The second-order valence-electron chi connectivity index (χ2n) is 3.33. The van der Waals surface area contributed by atoms with Crippen molar-refractivity contribution in [2.75, 3.05) is 11.9 Å². The summed E-state index contributed by atoms with van der Waals surface area (Å²) in [5, 5.41) is 3.35. The number of benzene rings is 1. The van der Waals surface area contributed by atoms with Crippen molar-refractivity contribution in [3.05, 3.63) is 35.9 Å². The van der Waals surface area contributed by atoms with Crippen LogP contribution in [0.2, 0.25) is 0 Å². The molecule has 0 atom stereocenters. The highest BCUT2D eigenvalue weighted by molar-refractivity contribution is 5.68. The molecule has 0 bridgehead atoms. The van der Waals surface area contributed by atoms with Gasteiger partial charge in [0.05, 0.1) is 0 Å². The average Bonchev–Trinajstić information content (AvgIpc) is 2.49. The van der Waals surface area contributed by atoms with Gasteiger partial charge < -0.3 is 5.32 Å². The molecule has 1 aromatic carbocycles. The molecule has 0 fully saturated rings. The van der Waals surface area contributed by atoms with E-state index in [-0.39, 0.29) is 0 Å². The SMILES string of the molecule is C=C(C)c1ccc2c(c1)NCC2. The molecule has 1 N–H and O–H groups in total. The molecule has 1 heteroatoms. The standard InChI is InChI=1S/C11H13N/c1-8(2)10-4-3-9-5-6-12-11(9)7-10/h3-4,7,12H,1,5-6H2,2H3. The first-order chi connectivity index (χ1) is 5.77. The molecule has 0 saturated carbocycles. The van der Waals surface area contributed by atoms with Crippen LogP contribution in [0, 0.1) is 0 Å². The van der Waals surface area contributed by atoms with Crippen LogP contribution in [0.15, 0.2) is 24.8 Å². The van der Waals surface area contributed by atoms with Gasteiger partial charge in [0.15, 0.2) is 0 Å². The largest absolute Gasteiger partial charge is 0.384 e. The number of allylic oxidation sites excluding steroid dienone is 1. The smallest absolute Gasteiger partial charge is 0.0379 e. The molecule has 0 amide bonds. The fourth-order valence-electron chi connectivity index (χ4n) is 1.56. The van der Waals surface area contributed by atoms with E-state index in [9.17, 15) is 0 Å². The minimum absolute atomic E-state index is 1.08. The van der Waals surface area contributed by atoms with Gasteiger partial charge in [-0.2, -0.15) is 0 Å². The molecular weight excluding hydrogens is 146 g/mol. The minimum Gasteiger partial charge on any atom is -0.384 e. The van der Waals surface area contributed by atoms with E-state index in [0.29, 0.717) is 0 Å². The van der Waals surface area contributed by atoms with Gasteiger partial charge in [-0.3, -0.25) is 0 Å². The van der Waals surface area contributed by atoms with E-state index in [0.717, 1.165) is 18.5 Å². The molecule has 0 radical (unpaired) electrons. The van der Waals surface area contributed by atoms with Crippen molar-refractivity contribution in [1.29, 1.82) is 0 Å². The highest BCUT2D eigenvalue weighted by Crippen LogP contribution is 2.25. The Kier molecular flexibility index (Phi) is 1.65. The number of fused-ring (bicyclic) bond motifs is 1. The van der Waals surface area contributed by atoms with Crippen molar-refractivity contribution < 1.29 is 0 Å². The first-order valence-electron chi connectivity index (χ1n) is 4.30. The molecule has 1 nitrogen and oxygen atoms in total. The third-order valence-electron chi connectivity index (χ3n) is 2.31.